The van der Waals surface area contributed by atoms with Crippen LogP contribution < -0.4 is 9.97 Å². The standard InChI is InChI=1S/C13H8N2O3/c16-13-9-5-1-3-7-11(9)14(17)15(18)12-8-4-2-6-10(12)13/h1-8H. The fourth-order valence-corrected chi connectivity index (χ4v) is 2.01. The van der Waals surface area contributed by atoms with Crippen LogP contribution in [0, 0.1) is 10.1 Å². The molecule has 1 heterocycles. The van der Waals surface area contributed by atoms with Crippen molar-refractivity contribution in [2.24, 2.45) is 0 Å². The molecule has 18 heavy (non-hydrogen) atoms. The summed E-state index contributed by atoms with van der Waals surface area (Å²) in [5, 5.41) is 12.4. The molecule has 0 fully saturated rings. The molecule has 5 nitrogen and oxygen atoms in total. The third-order valence-electron chi connectivity index (χ3n) is 2.87. The number of benzene rings is 2. The molecule has 2 aromatic carbocycles. The molecule has 88 valence electrons. The van der Waals surface area contributed by atoms with Crippen LogP contribution in [0.15, 0.2) is 53.3 Å². The summed E-state index contributed by atoms with van der Waals surface area (Å²) >= 11 is 0. The first-order valence-electron chi connectivity index (χ1n) is 5.37. The van der Waals surface area contributed by atoms with Gasteiger partial charge in [0.2, 0.25) is 5.43 Å². The minimum Gasteiger partial charge on any atom is -0.755 e. The Labute approximate surface area is 101 Å². The predicted octanol–water partition coefficient (Wildman–Crippen LogP) is 1.42. The lowest BCUT2D eigenvalue weighted by atomic mass is 10.2. The molecule has 3 aromatic rings. The molecule has 0 aliphatic heterocycles. The first kappa shape index (κ1) is 10.5. The Bertz CT molecular complexity index is 884. The Morgan fingerprint density at radius 3 is 2.33 bits per heavy atom. The summed E-state index contributed by atoms with van der Waals surface area (Å²) in [7, 11) is 0. The van der Waals surface area contributed by atoms with E-state index in [1.54, 1.807) is 36.4 Å². The van der Waals surface area contributed by atoms with Gasteiger partial charge >= 0.3 is 5.52 Å². The Balaban J connectivity index is 2.84. The van der Waals surface area contributed by atoms with Gasteiger partial charge in [-0.05, 0) is 18.2 Å². The van der Waals surface area contributed by atoms with Gasteiger partial charge in [-0.3, -0.25) is 4.79 Å². The van der Waals surface area contributed by atoms with Crippen molar-refractivity contribution < 1.29 is 4.54 Å². The van der Waals surface area contributed by atoms with Crippen LogP contribution in [-0.2, 0) is 0 Å². The molecular formula is C13H8N2O3. The lowest BCUT2D eigenvalue weighted by Gasteiger charge is -1.99. The van der Waals surface area contributed by atoms with Gasteiger partial charge in [0.1, 0.15) is 10.9 Å². The zero-order valence-electron chi connectivity index (χ0n) is 9.24. The van der Waals surface area contributed by atoms with Crippen LogP contribution >= 0.6 is 0 Å². The van der Waals surface area contributed by atoms with Crippen molar-refractivity contribution in [3.05, 3.63) is 68.9 Å². The topological polar surface area (TPSA) is 68.0 Å². The quantitative estimate of drug-likeness (QED) is 0.558. The lowest BCUT2D eigenvalue weighted by Crippen LogP contribution is -2.26. The van der Waals surface area contributed by atoms with Crippen molar-refractivity contribution in [1.82, 2.24) is 4.85 Å². The van der Waals surface area contributed by atoms with Crippen LogP contribution in [0.1, 0.15) is 0 Å². The zero-order chi connectivity index (χ0) is 12.7. The van der Waals surface area contributed by atoms with Gasteiger partial charge in [-0.2, -0.15) is 0 Å². The van der Waals surface area contributed by atoms with E-state index in [1.807, 2.05) is 0 Å². The van der Waals surface area contributed by atoms with E-state index in [2.05, 4.69) is 0 Å². The van der Waals surface area contributed by atoms with Gasteiger partial charge in [0.25, 0.3) is 0 Å². The summed E-state index contributed by atoms with van der Waals surface area (Å²) in [6, 6.07) is 12.5. The molecule has 0 aliphatic carbocycles. The molecule has 0 aliphatic rings. The highest BCUT2D eigenvalue weighted by atomic mass is 16.5. The summed E-state index contributed by atoms with van der Waals surface area (Å²) in [6.07, 6.45) is 0. The maximum absolute atomic E-state index is 12.3. The summed E-state index contributed by atoms with van der Waals surface area (Å²) in [5.74, 6) is 0. The molecule has 0 N–H and O–H groups in total. The van der Waals surface area contributed by atoms with E-state index >= 15 is 0 Å². The van der Waals surface area contributed by atoms with Crippen molar-refractivity contribution in [3.63, 3.8) is 0 Å². The molecule has 0 unspecified atom stereocenters. The van der Waals surface area contributed by atoms with E-state index in [-0.39, 0.29) is 36.6 Å². The second-order valence-corrected chi connectivity index (χ2v) is 3.91. The van der Waals surface area contributed by atoms with E-state index < -0.39 is 0 Å². The van der Waals surface area contributed by atoms with E-state index in [0.29, 0.717) is 0 Å². The molecule has 3 rings (SSSR count). The van der Waals surface area contributed by atoms with Crippen LogP contribution in [-0.4, -0.2) is 4.85 Å². The number of rotatable bonds is 0. The van der Waals surface area contributed by atoms with Crippen molar-refractivity contribution in [1.29, 1.82) is 0 Å². The Kier molecular flexibility index (Phi) is 2.13. The van der Waals surface area contributed by atoms with E-state index in [9.17, 15) is 14.9 Å². The molecule has 0 spiro atoms. The van der Waals surface area contributed by atoms with Gasteiger partial charge in [-0.25, -0.2) is 0 Å². The zero-order valence-corrected chi connectivity index (χ0v) is 9.24. The summed E-state index contributed by atoms with van der Waals surface area (Å²) in [6.45, 7) is 0. The number of hydrogen-bond acceptors (Lipinski definition) is 3. The molecule has 0 bridgehead atoms. The lowest BCUT2D eigenvalue weighted by molar-refractivity contribution is -0.555. The van der Waals surface area contributed by atoms with Gasteiger partial charge < -0.3 is 5.21 Å². The highest BCUT2D eigenvalue weighted by molar-refractivity contribution is 5.87. The van der Waals surface area contributed by atoms with Crippen LogP contribution in [0.5, 0.6) is 0 Å². The molecule has 5 heteroatoms. The molecule has 0 amide bonds. The first-order valence-corrected chi connectivity index (χ1v) is 5.37. The van der Waals surface area contributed by atoms with Crippen molar-refractivity contribution in [3.8, 4) is 0 Å². The van der Waals surface area contributed by atoms with Gasteiger partial charge in [-0.15, -0.1) is 4.85 Å². The van der Waals surface area contributed by atoms with Crippen LogP contribution in [0.4, 0.5) is 0 Å². The molecular weight excluding hydrogens is 232 g/mol. The normalized spacial score (nSPS) is 10.9. The average molecular weight is 240 g/mol. The fraction of sp³-hybridized carbons (Fsp3) is 0. The van der Waals surface area contributed by atoms with Crippen LogP contribution in [0.3, 0.4) is 0 Å². The third-order valence-corrected chi connectivity index (χ3v) is 2.87. The minimum atomic E-state index is -0.319. The second-order valence-electron chi connectivity index (χ2n) is 3.91. The molecule has 0 saturated heterocycles. The van der Waals surface area contributed by atoms with Gasteiger partial charge in [-0.1, -0.05) is 24.3 Å². The number of aromatic nitrogens is 2. The SMILES string of the molecule is O=c1c2ccccc2n([O-])[n+](=O)c2ccccc12. The number of para-hydroxylation sites is 2. The number of fused-ring (bicyclic) bond motifs is 2. The van der Waals surface area contributed by atoms with Crippen molar-refractivity contribution in [2.75, 3.05) is 0 Å². The number of hydrogen-bond donors (Lipinski definition) is 0. The predicted molar refractivity (Wildman–Crippen MR) is 67.8 cm³/mol. The highest BCUT2D eigenvalue weighted by Crippen LogP contribution is 2.10. The fourth-order valence-electron chi connectivity index (χ4n) is 2.01. The molecule has 0 atom stereocenters. The van der Waals surface area contributed by atoms with Crippen LogP contribution in [0.25, 0.3) is 21.8 Å². The Morgan fingerprint density at radius 2 is 1.56 bits per heavy atom. The maximum Gasteiger partial charge on any atom is 0.303 e. The summed E-state index contributed by atoms with van der Waals surface area (Å²) in [4.78, 5) is 24.4. The third kappa shape index (κ3) is 1.31. The Morgan fingerprint density at radius 1 is 0.944 bits per heavy atom. The smallest absolute Gasteiger partial charge is 0.303 e. The molecule has 0 radical (unpaired) electrons. The van der Waals surface area contributed by atoms with E-state index in [4.69, 9.17) is 0 Å². The van der Waals surface area contributed by atoms with Crippen molar-refractivity contribution in [2.45, 2.75) is 0 Å². The summed E-state index contributed by atoms with van der Waals surface area (Å²) < 4.78 is 0.194. The minimum absolute atomic E-state index is 0.0636. The van der Waals surface area contributed by atoms with E-state index in [1.165, 1.54) is 12.1 Å². The summed E-state index contributed by atoms with van der Waals surface area (Å²) in [5.41, 5.74) is -0.192. The molecule has 0 saturated carbocycles. The van der Waals surface area contributed by atoms with Gasteiger partial charge in [0, 0.05) is 6.07 Å². The monoisotopic (exact) mass is 240 g/mol. The molecule has 1 aromatic heterocycles. The van der Waals surface area contributed by atoms with Gasteiger partial charge in [0.05, 0.1) is 10.3 Å². The van der Waals surface area contributed by atoms with Crippen molar-refractivity contribution >= 4 is 21.8 Å². The number of nitrogens with zero attached hydrogens (tertiary/aromatic N) is 2. The largest absolute Gasteiger partial charge is 0.755 e. The van der Waals surface area contributed by atoms with Crippen LogP contribution in [0.2, 0.25) is 0 Å². The second kappa shape index (κ2) is 3.66. The van der Waals surface area contributed by atoms with Gasteiger partial charge in [0.15, 0.2) is 4.54 Å². The van der Waals surface area contributed by atoms with E-state index in [0.717, 1.165) is 0 Å². The maximum atomic E-state index is 12.3. The first-order chi connectivity index (χ1) is 8.70. The Hall–Kier alpha value is -2.69. The average Bonchev–Trinajstić information content (AvgIpc) is 2.51. The highest BCUT2D eigenvalue weighted by Gasteiger charge is 2.12.